The van der Waals surface area contributed by atoms with Crippen molar-refractivity contribution in [2.75, 3.05) is 11.4 Å². The third-order valence-corrected chi connectivity index (χ3v) is 4.83. The number of amides is 1. The van der Waals surface area contributed by atoms with Crippen molar-refractivity contribution in [1.82, 2.24) is 0 Å². The van der Waals surface area contributed by atoms with Crippen molar-refractivity contribution in [3.05, 3.63) is 29.0 Å². The molecule has 19 heavy (non-hydrogen) atoms. The lowest BCUT2D eigenvalue weighted by Crippen LogP contribution is -2.36. The first-order valence-corrected chi connectivity index (χ1v) is 7.27. The Kier molecular flexibility index (Phi) is 3.25. The molecule has 0 unspecified atom stereocenters. The monoisotopic (exact) mass is 281 g/mol. The zero-order chi connectivity index (χ0) is 13.5. The molecule has 1 aromatic rings. The first-order valence-electron chi connectivity index (χ1n) is 6.89. The second-order valence-electron chi connectivity index (χ2n) is 5.64. The summed E-state index contributed by atoms with van der Waals surface area (Å²) in [6.07, 6.45) is 6.38. The molecule has 2 aliphatic rings. The molecule has 1 spiro atoms. The molecule has 0 radical (unpaired) electrons. The minimum atomic E-state index is -0.368. The van der Waals surface area contributed by atoms with E-state index in [1.165, 1.54) is 18.6 Å². The Morgan fingerprint density at radius 2 is 1.89 bits per heavy atom. The number of hydrogen-bond acceptors (Lipinski definition) is 1. The maximum absolute atomic E-state index is 13.1. The smallest absolute Gasteiger partial charge is 0.233 e. The van der Waals surface area contributed by atoms with E-state index in [1.54, 1.807) is 11.0 Å². The number of carbonyl (C=O) groups excluding carboxylic acids is 1. The van der Waals surface area contributed by atoms with Gasteiger partial charge in [-0.1, -0.05) is 30.9 Å². The van der Waals surface area contributed by atoms with E-state index in [-0.39, 0.29) is 17.1 Å². The molecule has 1 aliphatic carbocycles. The molecule has 1 aliphatic heterocycles. The normalized spacial score (nSPS) is 22.2. The van der Waals surface area contributed by atoms with Gasteiger partial charge in [-0.3, -0.25) is 4.79 Å². The van der Waals surface area contributed by atoms with Gasteiger partial charge in [0.15, 0.2) is 0 Å². The lowest BCUT2D eigenvalue weighted by molar-refractivity contribution is -0.127. The van der Waals surface area contributed by atoms with E-state index in [2.05, 4.69) is 0 Å². The molecule has 1 amide bonds. The quantitative estimate of drug-likeness (QED) is 0.757. The van der Waals surface area contributed by atoms with Crippen molar-refractivity contribution >= 4 is 23.2 Å². The van der Waals surface area contributed by atoms with E-state index < -0.39 is 0 Å². The van der Waals surface area contributed by atoms with Crippen LogP contribution in [-0.4, -0.2) is 12.5 Å². The first kappa shape index (κ1) is 12.9. The van der Waals surface area contributed by atoms with Gasteiger partial charge in [-0.2, -0.15) is 0 Å². The number of halogens is 2. The van der Waals surface area contributed by atoms with E-state index in [0.717, 1.165) is 32.1 Å². The van der Waals surface area contributed by atoms with Gasteiger partial charge in [-0.05, 0) is 37.5 Å². The van der Waals surface area contributed by atoms with Gasteiger partial charge in [0.05, 0.1) is 16.1 Å². The zero-order valence-electron chi connectivity index (χ0n) is 10.8. The van der Waals surface area contributed by atoms with Crippen molar-refractivity contribution in [1.29, 1.82) is 0 Å². The Labute approximate surface area is 117 Å². The van der Waals surface area contributed by atoms with Gasteiger partial charge in [0.2, 0.25) is 5.91 Å². The number of anilines is 1. The van der Waals surface area contributed by atoms with Crippen LogP contribution in [0.4, 0.5) is 10.1 Å². The van der Waals surface area contributed by atoms with Gasteiger partial charge in [0, 0.05) is 6.54 Å². The predicted molar refractivity (Wildman–Crippen MR) is 73.9 cm³/mol. The molecule has 102 valence electrons. The molecular formula is C15H17ClFNO. The van der Waals surface area contributed by atoms with Crippen molar-refractivity contribution in [3.8, 4) is 0 Å². The Morgan fingerprint density at radius 1 is 1.16 bits per heavy atom. The van der Waals surface area contributed by atoms with Crippen molar-refractivity contribution < 1.29 is 9.18 Å². The Hall–Kier alpha value is -1.09. The number of hydrogen-bond donors (Lipinski definition) is 0. The van der Waals surface area contributed by atoms with Crippen LogP contribution in [0.5, 0.6) is 0 Å². The topological polar surface area (TPSA) is 20.3 Å². The van der Waals surface area contributed by atoms with Gasteiger partial charge in [-0.25, -0.2) is 4.39 Å². The predicted octanol–water partition coefficient (Wildman–Crippen LogP) is 4.17. The summed E-state index contributed by atoms with van der Waals surface area (Å²) in [5.74, 6) is -0.187. The van der Waals surface area contributed by atoms with Crippen molar-refractivity contribution in [3.63, 3.8) is 0 Å². The summed E-state index contributed by atoms with van der Waals surface area (Å²) in [6.45, 7) is 0.699. The van der Waals surface area contributed by atoms with Crippen LogP contribution in [-0.2, 0) is 4.79 Å². The Morgan fingerprint density at radius 3 is 2.58 bits per heavy atom. The first-order chi connectivity index (χ1) is 9.12. The molecule has 2 fully saturated rings. The molecule has 1 heterocycles. The molecule has 1 saturated heterocycles. The van der Waals surface area contributed by atoms with Crippen LogP contribution in [0.15, 0.2) is 18.2 Å². The molecule has 2 nitrogen and oxygen atoms in total. The number of rotatable bonds is 1. The standard InChI is InChI=1S/C15H17ClFNO/c16-12-10-11(17)4-5-13(12)18-9-8-15(14(18)19)6-2-1-3-7-15/h4-5,10H,1-3,6-9H2. The van der Waals surface area contributed by atoms with Gasteiger partial charge in [0.25, 0.3) is 0 Å². The largest absolute Gasteiger partial charge is 0.310 e. The van der Waals surface area contributed by atoms with E-state index in [1.807, 2.05) is 0 Å². The minimum absolute atomic E-state index is 0.171. The van der Waals surface area contributed by atoms with E-state index in [9.17, 15) is 9.18 Å². The summed E-state index contributed by atoms with van der Waals surface area (Å²) in [5, 5.41) is 0.321. The van der Waals surface area contributed by atoms with E-state index in [0.29, 0.717) is 17.3 Å². The van der Waals surface area contributed by atoms with Crippen LogP contribution in [0.1, 0.15) is 38.5 Å². The summed E-state index contributed by atoms with van der Waals surface area (Å²) >= 11 is 6.07. The molecular weight excluding hydrogens is 265 g/mol. The van der Waals surface area contributed by atoms with Crippen LogP contribution >= 0.6 is 11.6 Å². The Balaban J connectivity index is 1.89. The molecule has 0 atom stereocenters. The van der Waals surface area contributed by atoms with Crippen LogP contribution in [0.25, 0.3) is 0 Å². The zero-order valence-corrected chi connectivity index (χ0v) is 11.5. The molecule has 0 bridgehead atoms. The Bertz CT molecular complexity index is 511. The van der Waals surface area contributed by atoms with Gasteiger partial charge in [0.1, 0.15) is 5.82 Å². The highest BCUT2D eigenvalue weighted by Crippen LogP contribution is 2.46. The average Bonchev–Trinajstić information content (AvgIpc) is 2.69. The molecule has 0 aromatic heterocycles. The van der Waals surface area contributed by atoms with E-state index >= 15 is 0 Å². The highest BCUT2D eigenvalue weighted by Gasteiger charge is 2.47. The van der Waals surface area contributed by atoms with Gasteiger partial charge in [-0.15, -0.1) is 0 Å². The lowest BCUT2D eigenvalue weighted by Gasteiger charge is -2.31. The van der Waals surface area contributed by atoms with Gasteiger partial charge < -0.3 is 4.90 Å². The second-order valence-corrected chi connectivity index (χ2v) is 6.05. The lowest BCUT2D eigenvalue weighted by atomic mass is 9.73. The molecule has 0 N–H and O–H groups in total. The fourth-order valence-electron chi connectivity index (χ4n) is 3.44. The highest BCUT2D eigenvalue weighted by atomic mass is 35.5. The average molecular weight is 282 g/mol. The van der Waals surface area contributed by atoms with Crippen LogP contribution in [0.2, 0.25) is 5.02 Å². The number of benzene rings is 1. The fraction of sp³-hybridized carbons (Fsp3) is 0.533. The molecule has 4 heteroatoms. The SMILES string of the molecule is O=C1N(c2ccc(F)cc2Cl)CCC12CCCCC2. The number of carbonyl (C=O) groups is 1. The van der Waals surface area contributed by atoms with Crippen molar-refractivity contribution in [2.45, 2.75) is 38.5 Å². The summed E-state index contributed by atoms with van der Waals surface area (Å²) in [7, 11) is 0. The van der Waals surface area contributed by atoms with Crippen molar-refractivity contribution in [2.24, 2.45) is 5.41 Å². The summed E-state index contributed by atoms with van der Waals surface area (Å²) < 4.78 is 13.1. The fourth-order valence-corrected chi connectivity index (χ4v) is 3.71. The summed E-state index contributed by atoms with van der Waals surface area (Å²) in [6, 6.07) is 4.24. The second kappa shape index (κ2) is 4.78. The number of nitrogens with zero attached hydrogens (tertiary/aromatic N) is 1. The highest BCUT2D eigenvalue weighted by molar-refractivity contribution is 6.34. The van der Waals surface area contributed by atoms with Gasteiger partial charge >= 0.3 is 0 Å². The van der Waals surface area contributed by atoms with Crippen LogP contribution in [0, 0.1) is 11.2 Å². The minimum Gasteiger partial charge on any atom is -0.310 e. The summed E-state index contributed by atoms with van der Waals surface area (Å²) in [4.78, 5) is 14.4. The molecule has 1 saturated carbocycles. The molecule has 3 rings (SSSR count). The third kappa shape index (κ3) is 2.14. The maximum Gasteiger partial charge on any atom is 0.233 e. The van der Waals surface area contributed by atoms with E-state index in [4.69, 9.17) is 11.6 Å². The molecule has 1 aromatic carbocycles. The van der Waals surface area contributed by atoms with Crippen LogP contribution < -0.4 is 4.90 Å². The maximum atomic E-state index is 13.1. The summed E-state index contributed by atoms with van der Waals surface area (Å²) in [5.41, 5.74) is 0.478. The van der Waals surface area contributed by atoms with Crippen LogP contribution in [0.3, 0.4) is 0 Å². The third-order valence-electron chi connectivity index (χ3n) is 4.52.